The zero-order chi connectivity index (χ0) is 14.4. The van der Waals surface area contributed by atoms with Crippen LogP contribution in [0, 0.1) is 0 Å². The minimum absolute atomic E-state index is 0.614. The molecule has 2 aromatic carbocycles. The van der Waals surface area contributed by atoms with Crippen LogP contribution in [0.4, 0.5) is 0 Å². The van der Waals surface area contributed by atoms with Crippen LogP contribution in [-0.2, 0) is 0 Å². The Morgan fingerprint density at radius 1 is 0.952 bits per heavy atom. The molecule has 0 aliphatic heterocycles. The number of fused-ring (bicyclic) bond motifs is 2. The maximum Gasteiger partial charge on any atom is 0.114 e. The molecule has 1 N–H and O–H groups in total. The Labute approximate surface area is 135 Å². The van der Waals surface area contributed by atoms with Gasteiger partial charge in [0, 0.05) is 24.7 Å². The van der Waals surface area contributed by atoms with Crippen LogP contribution in [0.2, 0.25) is 5.02 Å². The third-order valence-electron chi connectivity index (χ3n) is 3.63. The Kier molecular flexibility index (Phi) is 3.23. The van der Waals surface area contributed by atoms with Gasteiger partial charge >= 0.3 is 0 Å². The molecule has 0 amide bonds. The Hall–Kier alpha value is -1.39. The van der Waals surface area contributed by atoms with Gasteiger partial charge in [0.2, 0.25) is 0 Å². The number of halogens is 1. The highest BCUT2D eigenvalue weighted by Gasteiger charge is 2.17. The zero-order valence-electron chi connectivity index (χ0n) is 10.9. The predicted molar refractivity (Wildman–Crippen MR) is 92.7 cm³/mol. The minimum atomic E-state index is -0.614. The molecule has 0 saturated heterocycles. The number of hydrogen-bond donors (Lipinski definition) is 1. The SMILES string of the molecule is OC(c1cc2sccc2s1)c1ccc(Cl)c2ccccc12. The van der Waals surface area contributed by atoms with Crippen molar-refractivity contribution in [2.45, 2.75) is 6.10 Å². The summed E-state index contributed by atoms with van der Waals surface area (Å²) >= 11 is 9.60. The number of hydrogen-bond acceptors (Lipinski definition) is 3. The molecular formula is C17H11ClOS2. The monoisotopic (exact) mass is 330 g/mol. The van der Waals surface area contributed by atoms with Crippen LogP contribution in [0.3, 0.4) is 0 Å². The molecule has 0 spiro atoms. The second-order valence-corrected chi connectivity index (χ2v) is 7.35. The van der Waals surface area contributed by atoms with Crippen LogP contribution in [0.15, 0.2) is 53.9 Å². The predicted octanol–water partition coefficient (Wildman–Crippen LogP) is 5.85. The summed E-state index contributed by atoms with van der Waals surface area (Å²) in [4.78, 5) is 0.976. The van der Waals surface area contributed by atoms with Crippen molar-refractivity contribution in [3.05, 3.63) is 69.4 Å². The van der Waals surface area contributed by atoms with E-state index in [4.69, 9.17) is 11.6 Å². The van der Waals surface area contributed by atoms with Gasteiger partial charge in [0.1, 0.15) is 6.10 Å². The van der Waals surface area contributed by atoms with Crippen molar-refractivity contribution in [1.82, 2.24) is 0 Å². The third kappa shape index (κ3) is 2.17. The van der Waals surface area contributed by atoms with Crippen LogP contribution in [0.1, 0.15) is 16.5 Å². The van der Waals surface area contributed by atoms with Gasteiger partial charge in [-0.1, -0.05) is 41.9 Å². The second kappa shape index (κ2) is 5.11. The Morgan fingerprint density at radius 3 is 2.57 bits per heavy atom. The lowest BCUT2D eigenvalue weighted by atomic mass is 9.99. The van der Waals surface area contributed by atoms with Crippen molar-refractivity contribution in [3.8, 4) is 0 Å². The van der Waals surface area contributed by atoms with Gasteiger partial charge in [0.05, 0.1) is 0 Å². The summed E-state index contributed by atoms with van der Waals surface area (Å²) in [6, 6.07) is 15.9. The van der Waals surface area contributed by atoms with E-state index in [2.05, 4.69) is 17.5 Å². The number of benzene rings is 2. The van der Waals surface area contributed by atoms with E-state index < -0.39 is 6.10 Å². The summed E-state index contributed by atoms with van der Waals surface area (Å²) in [5.41, 5.74) is 0.906. The van der Waals surface area contributed by atoms with Crippen molar-refractivity contribution in [1.29, 1.82) is 0 Å². The molecule has 4 aromatic rings. The van der Waals surface area contributed by atoms with E-state index >= 15 is 0 Å². The van der Waals surface area contributed by atoms with Gasteiger partial charge in [-0.05, 0) is 34.5 Å². The van der Waals surface area contributed by atoms with Crippen molar-refractivity contribution < 1.29 is 5.11 Å². The molecule has 0 aliphatic rings. The number of aliphatic hydroxyl groups is 1. The fourth-order valence-corrected chi connectivity index (χ4v) is 4.95. The van der Waals surface area contributed by atoms with Gasteiger partial charge in [-0.2, -0.15) is 0 Å². The van der Waals surface area contributed by atoms with Crippen molar-refractivity contribution in [2.24, 2.45) is 0 Å². The normalized spacial score (nSPS) is 13.0. The molecule has 1 unspecified atom stereocenters. The fraction of sp³-hybridized carbons (Fsp3) is 0.0588. The highest BCUT2D eigenvalue weighted by molar-refractivity contribution is 7.26. The van der Waals surface area contributed by atoms with Crippen molar-refractivity contribution >= 4 is 54.4 Å². The summed E-state index contributed by atoms with van der Waals surface area (Å²) in [6.45, 7) is 0. The summed E-state index contributed by atoms with van der Waals surface area (Å²) in [7, 11) is 0. The first kappa shape index (κ1) is 13.3. The highest BCUT2D eigenvalue weighted by Crippen LogP contribution is 2.38. The minimum Gasteiger partial charge on any atom is -0.383 e. The molecule has 0 bridgehead atoms. The first-order valence-electron chi connectivity index (χ1n) is 6.56. The van der Waals surface area contributed by atoms with Gasteiger partial charge in [0.25, 0.3) is 0 Å². The molecule has 0 radical (unpaired) electrons. The average Bonchev–Trinajstić information content (AvgIpc) is 3.08. The Morgan fingerprint density at radius 2 is 1.76 bits per heavy atom. The lowest BCUT2D eigenvalue weighted by molar-refractivity contribution is 0.226. The van der Waals surface area contributed by atoms with Crippen LogP contribution in [-0.4, -0.2) is 5.11 Å². The van der Waals surface area contributed by atoms with Crippen LogP contribution < -0.4 is 0 Å². The molecule has 104 valence electrons. The van der Waals surface area contributed by atoms with E-state index in [9.17, 15) is 5.11 Å². The summed E-state index contributed by atoms with van der Waals surface area (Å²) in [6.07, 6.45) is -0.614. The third-order valence-corrected chi connectivity index (χ3v) is 6.10. The molecule has 21 heavy (non-hydrogen) atoms. The Bertz CT molecular complexity index is 910. The Balaban J connectivity index is 1.89. The molecule has 0 aliphatic carbocycles. The van der Waals surface area contributed by atoms with Crippen LogP contribution >= 0.6 is 34.3 Å². The van der Waals surface area contributed by atoms with E-state index in [1.807, 2.05) is 36.4 Å². The molecule has 1 nitrogen and oxygen atoms in total. The highest BCUT2D eigenvalue weighted by atomic mass is 35.5. The standard InChI is InChI=1S/C17H11ClOS2/c18-13-6-5-12(10-3-1-2-4-11(10)13)17(19)16-9-15-14(21-16)7-8-20-15/h1-9,17,19H. The van der Waals surface area contributed by atoms with Crippen molar-refractivity contribution in [2.75, 3.05) is 0 Å². The quantitative estimate of drug-likeness (QED) is 0.488. The summed E-state index contributed by atoms with van der Waals surface area (Å²) in [5, 5.41) is 15.6. The fourth-order valence-electron chi connectivity index (χ4n) is 2.60. The average molecular weight is 331 g/mol. The van der Waals surface area contributed by atoms with Crippen molar-refractivity contribution in [3.63, 3.8) is 0 Å². The molecule has 0 fully saturated rings. The number of aliphatic hydroxyl groups excluding tert-OH is 1. The summed E-state index contributed by atoms with van der Waals surface area (Å²) in [5.74, 6) is 0. The number of thiophene rings is 2. The first-order chi connectivity index (χ1) is 10.2. The lowest BCUT2D eigenvalue weighted by Gasteiger charge is -2.13. The molecule has 2 heterocycles. The molecule has 0 saturated carbocycles. The summed E-state index contributed by atoms with van der Waals surface area (Å²) < 4.78 is 2.46. The second-order valence-electron chi connectivity index (χ2n) is 4.88. The van der Waals surface area contributed by atoms with E-state index in [1.54, 1.807) is 22.7 Å². The lowest BCUT2D eigenvalue weighted by Crippen LogP contribution is -1.98. The topological polar surface area (TPSA) is 20.2 Å². The van der Waals surface area contributed by atoms with Crippen LogP contribution in [0.5, 0.6) is 0 Å². The largest absolute Gasteiger partial charge is 0.383 e. The first-order valence-corrected chi connectivity index (χ1v) is 8.63. The molecular weight excluding hydrogens is 320 g/mol. The van der Waals surface area contributed by atoms with Gasteiger partial charge in [0.15, 0.2) is 0 Å². The van der Waals surface area contributed by atoms with E-state index in [-0.39, 0.29) is 0 Å². The smallest absolute Gasteiger partial charge is 0.114 e. The van der Waals surface area contributed by atoms with Crippen LogP contribution in [0.25, 0.3) is 20.2 Å². The van der Waals surface area contributed by atoms with E-state index in [1.165, 1.54) is 9.40 Å². The van der Waals surface area contributed by atoms with E-state index in [0.29, 0.717) is 5.02 Å². The van der Waals surface area contributed by atoms with Gasteiger partial charge in [-0.25, -0.2) is 0 Å². The van der Waals surface area contributed by atoms with Gasteiger partial charge in [-0.15, -0.1) is 22.7 Å². The molecule has 1 atom stereocenters. The maximum absolute atomic E-state index is 10.8. The van der Waals surface area contributed by atoms with Gasteiger partial charge < -0.3 is 5.11 Å². The molecule has 4 heteroatoms. The van der Waals surface area contributed by atoms with E-state index in [0.717, 1.165) is 21.2 Å². The number of rotatable bonds is 2. The molecule has 4 rings (SSSR count). The molecule has 2 aromatic heterocycles. The maximum atomic E-state index is 10.8. The van der Waals surface area contributed by atoms with Gasteiger partial charge in [-0.3, -0.25) is 0 Å². The zero-order valence-corrected chi connectivity index (χ0v) is 13.3.